The third kappa shape index (κ3) is 3.48. The van der Waals surface area contributed by atoms with E-state index >= 15 is 0 Å². The van der Waals surface area contributed by atoms with E-state index in [9.17, 15) is 9.59 Å². The van der Waals surface area contributed by atoms with Crippen LogP contribution in [0.2, 0.25) is 0 Å². The summed E-state index contributed by atoms with van der Waals surface area (Å²) < 4.78 is 0. The number of nitrogens with zero attached hydrogens (tertiary/aromatic N) is 3. The molecule has 3 rings (SSSR count). The molecule has 2 aliphatic rings. The van der Waals surface area contributed by atoms with Gasteiger partial charge in [-0.3, -0.25) is 9.59 Å². The van der Waals surface area contributed by atoms with Crippen LogP contribution in [0.1, 0.15) is 11.8 Å². The number of piperazine rings is 1. The van der Waals surface area contributed by atoms with E-state index in [4.69, 9.17) is 0 Å². The molecule has 3 heterocycles. The van der Waals surface area contributed by atoms with E-state index in [1.54, 1.807) is 23.2 Å². The van der Waals surface area contributed by atoms with Crippen molar-refractivity contribution in [1.29, 1.82) is 0 Å². The van der Waals surface area contributed by atoms with Gasteiger partial charge in [-0.05, 0) is 17.5 Å². The van der Waals surface area contributed by atoms with Crippen LogP contribution in [0.15, 0.2) is 28.2 Å². The second kappa shape index (κ2) is 6.93. The predicted octanol–water partition coefficient (Wildman–Crippen LogP) is 1.16. The minimum atomic E-state index is -0.243. The Morgan fingerprint density at radius 2 is 2.09 bits per heavy atom. The van der Waals surface area contributed by atoms with Gasteiger partial charge in [0.25, 0.3) is 5.91 Å². The van der Waals surface area contributed by atoms with Gasteiger partial charge in [0, 0.05) is 38.0 Å². The number of carbonyl (C=O) groups excluding carboxylic acids is 2. The number of amides is 2. The number of aliphatic imine (C=N–C) groups is 1. The molecule has 0 atom stereocenters. The molecule has 6 nitrogen and oxygen atoms in total. The first-order valence-electron chi connectivity index (χ1n) is 6.79. The van der Waals surface area contributed by atoms with Gasteiger partial charge < -0.3 is 15.1 Å². The van der Waals surface area contributed by atoms with E-state index in [1.807, 2.05) is 28.5 Å². The molecule has 0 bridgehead atoms. The fraction of sp³-hybridized carbons (Fsp3) is 0.357. The highest BCUT2D eigenvalue weighted by molar-refractivity contribution is 7.10. The van der Waals surface area contributed by atoms with Crippen LogP contribution in [0.4, 0.5) is 0 Å². The number of nitrogens with one attached hydrogen (secondary N) is 1. The fourth-order valence-corrected chi connectivity index (χ4v) is 3.01. The molecule has 118 valence electrons. The van der Waals surface area contributed by atoms with Gasteiger partial charge in [-0.2, -0.15) is 4.99 Å². The van der Waals surface area contributed by atoms with Crippen LogP contribution in [0.25, 0.3) is 6.08 Å². The molecule has 1 aromatic rings. The van der Waals surface area contributed by atoms with Crippen LogP contribution in [0, 0.1) is 0 Å². The van der Waals surface area contributed by atoms with Gasteiger partial charge in [0.2, 0.25) is 11.9 Å². The number of guanidine groups is 1. The van der Waals surface area contributed by atoms with Crippen LogP contribution in [0.5, 0.6) is 0 Å². The van der Waals surface area contributed by atoms with Gasteiger partial charge in [-0.1, -0.05) is 6.07 Å². The molecule has 1 fully saturated rings. The summed E-state index contributed by atoms with van der Waals surface area (Å²) in [4.78, 5) is 32.1. The maximum Gasteiger partial charge on any atom is 0.296 e. The van der Waals surface area contributed by atoms with Crippen molar-refractivity contribution in [3.05, 3.63) is 28.1 Å². The molecule has 1 N–H and O–H groups in total. The zero-order chi connectivity index (χ0) is 14.8. The van der Waals surface area contributed by atoms with Gasteiger partial charge in [0.1, 0.15) is 5.70 Å². The summed E-state index contributed by atoms with van der Waals surface area (Å²) in [5.74, 6) is 0.434. The van der Waals surface area contributed by atoms with Crippen molar-refractivity contribution in [1.82, 2.24) is 15.1 Å². The number of thiophene rings is 1. The zero-order valence-corrected chi connectivity index (χ0v) is 13.7. The summed E-state index contributed by atoms with van der Waals surface area (Å²) in [6.45, 7) is 4.27. The Morgan fingerprint density at radius 3 is 2.68 bits per heavy atom. The molecule has 0 unspecified atom stereocenters. The highest BCUT2D eigenvalue weighted by atomic mass is 35.5. The van der Waals surface area contributed by atoms with Crippen LogP contribution < -0.4 is 5.32 Å². The number of carbonyl (C=O) groups is 2. The quantitative estimate of drug-likeness (QED) is 0.779. The van der Waals surface area contributed by atoms with E-state index in [0.29, 0.717) is 37.8 Å². The molecule has 0 aromatic carbocycles. The molecule has 0 spiro atoms. The second-order valence-electron chi connectivity index (χ2n) is 4.93. The van der Waals surface area contributed by atoms with Crippen LogP contribution in [0.3, 0.4) is 0 Å². The van der Waals surface area contributed by atoms with Gasteiger partial charge in [0.05, 0.1) is 0 Å². The Kier molecular flexibility index (Phi) is 5.20. The zero-order valence-electron chi connectivity index (χ0n) is 12.1. The maximum absolute atomic E-state index is 11.9. The summed E-state index contributed by atoms with van der Waals surface area (Å²) in [7, 11) is 0. The Morgan fingerprint density at radius 1 is 1.36 bits per heavy atom. The Balaban J connectivity index is 0.00000176. The lowest BCUT2D eigenvalue weighted by atomic mass is 10.3. The van der Waals surface area contributed by atoms with Gasteiger partial charge >= 0.3 is 0 Å². The smallest absolute Gasteiger partial charge is 0.296 e. The molecule has 0 aliphatic carbocycles. The maximum atomic E-state index is 11.9. The summed E-state index contributed by atoms with van der Waals surface area (Å²) in [5.41, 5.74) is 0.501. The van der Waals surface area contributed by atoms with E-state index < -0.39 is 0 Å². The minimum Gasteiger partial charge on any atom is -0.339 e. The van der Waals surface area contributed by atoms with E-state index in [-0.39, 0.29) is 24.2 Å². The molecule has 0 saturated carbocycles. The number of rotatable bonds is 1. The SMILES string of the molecule is CC(=O)N1CCN(C2=NC(=O)C(=Cc3cccs3)N2)CC1.Cl. The number of hydrogen-bond donors (Lipinski definition) is 1. The van der Waals surface area contributed by atoms with Crippen molar-refractivity contribution in [2.24, 2.45) is 4.99 Å². The van der Waals surface area contributed by atoms with E-state index in [0.717, 1.165) is 4.88 Å². The lowest BCUT2D eigenvalue weighted by Crippen LogP contribution is -2.52. The average Bonchev–Trinajstić information content (AvgIpc) is 3.10. The Labute approximate surface area is 138 Å². The first-order valence-corrected chi connectivity index (χ1v) is 7.67. The van der Waals surface area contributed by atoms with E-state index in [2.05, 4.69) is 10.3 Å². The minimum absolute atomic E-state index is 0. The first-order chi connectivity index (χ1) is 10.1. The van der Waals surface area contributed by atoms with Crippen molar-refractivity contribution in [2.75, 3.05) is 26.2 Å². The van der Waals surface area contributed by atoms with Crippen LogP contribution in [-0.4, -0.2) is 53.8 Å². The number of halogens is 1. The monoisotopic (exact) mass is 340 g/mol. The molecule has 0 radical (unpaired) electrons. The molecule has 1 saturated heterocycles. The standard InChI is InChI=1S/C14H16N4O2S.ClH/c1-10(19)17-4-6-18(7-5-17)14-15-12(13(20)16-14)9-11-3-2-8-21-11;/h2-3,8-9H,4-7H2,1H3,(H,15,16,20);1H. The molecule has 2 amide bonds. The van der Waals surface area contributed by atoms with Crippen LogP contribution in [-0.2, 0) is 9.59 Å². The molecular formula is C14H17ClN4O2S. The van der Waals surface area contributed by atoms with Crippen molar-refractivity contribution in [3.8, 4) is 0 Å². The lowest BCUT2D eigenvalue weighted by molar-refractivity contribution is -0.130. The van der Waals surface area contributed by atoms with Crippen molar-refractivity contribution < 1.29 is 9.59 Å². The number of hydrogen-bond acceptors (Lipinski definition) is 5. The van der Waals surface area contributed by atoms with Crippen molar-refractivity contribution in [2.45, 2.75) is 6.92 Å². The molecule has 8 heteroatoms. The second-order valence-corrected chi connectivity index (χ2v) is 5.91. The normalized spacial score (nSPS) is 19.8. The summed E-state index contributed by atoms with van der Waals surface area (Å²) >= 11 is 1.57. The highest BCUT2D eigenvalue weighted by Gasteiger charge is 2.27. The molecule has 2 aliphatic heterocycles. The lowest BCUT2D eigenvalue weighted by Gasteiger charge is -2.34. The average molecular weight is 341 g/mol. The third-order valence-corrected chi connectivity index (χ3v) is 4.36. The van der Waals surface area contributed by atoms with E-state index in [1.165, 1.54) is 0 Å². The largest absolute Gasteiger partial charge is 0.339 e. The van der Waals surface area contributed by atoms with Crippen molar-refractivity contribution in [3.63, 3.8) is 0 Å². The topological polar surface area (TPSA) is 65.0 Å². The first kappa shape index (κ1) is 16.5. The van der Waals surface area contributed by atoms with Crippen LogP contribution >= 0.6 is 23.7 Å². The van der Waals surface area contributed by atoms with Gasteiger partial charge in [-0.15, -0.1) is 23.7 Å². The molecule has 22 heavy (non-hydrogen) atoms. The predicted molar refractivity (Wildman–Crippen MR) is 88.9 cm³/mol. The fourth-order valence-electron chi connectivity index (χ4n) is 2.35. The molecule has 1 aromatic heterocycles. The van der Waals surface area contributed by atoms with Gasteiger partial charge in [0.15, 0.2) is 0 Å². The summed E-state index contributed by atoms with van der Waals surface area (Å²) in [6, 6.07) is 3.90. The molecular weight excluding hydrogens is 324 g/mol. The third-order valence-electron chi connectivity index (χ3n) is 3.54. The highest BCUT2D eigenvalue weighted by Crippen LogP contribution is 2.16. The summed E-state index contributed by atoms with van der Waals surface area (Å²) in [6.07, 6.45) is 1.81. The Bertz CT molecular complexity index is 619. The van der Waals surface area contributed by atoms with Gasteiger partial charge in [-0.25, -0.2) is 0 Å². The Hall–Kier alpha value is -1.86. The summed E-state index contributed by atoms with van der Waals surface area (Å²) in [5, 5.41) is 5.05. The van der Waals surface area contributed by atoms with Crippen molar-refractivity contribution >= 4 is 47.6 Å².